The number of aryl methyl sites for hydroxylation is 1. The van der Waals surface area contributed by atoms with Gasteiger partial charge in [0.15, 0.2) is 0 Å². The van der Waals surface area contributed by atoms with Crippen LogP contribution in [0.2, 0.25) is 0 Å². The Morgan fingerprint density at radius 3 is 2.52 bits per heavy atom. The molecule has 1 aromatic carbocycles. The van der Waals surface area contributed by atoms with Gasteiger partial charge in [0.1, 0.15) is 17.3 Å². The summed E-state index contributed by atoms with van der Waals surface area (Å²) >= 11 is 0. The van der Waals surface area contributed by atoms with Crippen molar-refractivity contribution in [3.05, 3.63) is 36.3 Å². The third-order valence-electron chi connectivity index (χ3n) is 4.00. The van der Waals surface area contributed by atoms with Crippen LogP contribution in [0.15, 0.2) is 30.6 Å². The highest BCUT2D eigenvalue weighted by atomic mass is 16.5. The molecule has 0 amide bonds. The zero-order valence-corrected chi connectivity index (χ0v) is 13.7. The number of nitrogens with one attached hydrogen (secondary N) is 1. The predicted molar refractivity (Wildman–Crippen MR) is 90.6 cm³/mol. The molecular formula is C17H22N4O2. The SMILES string of the molecule is COc1cc(OC)cc(N2CCC(Nc3cncc(C)n3)C2)c1. The Morgan fingerprint density at radius 2 is 1.87 bits per heavy atom. The Hall–Kier alpha value is -2.50. The smallest absolute Gasteiger partial charge is 0.145 e. The summed E-state index contributed by atoms with van der Waals surface area (Å²) in [6, 6.07) is 6.31. The van der Waals surface area contributed by atoms with Crippen LogP contribution in [-0.4, -0.2) is 43.3 Å². The summed E-state index contributed by atoms with van der Waals surface area (Å²) in [4.78, 5) is 11.0. The summed E-state index contributed by atoms with van der Waals surface area (Å²) in [7, 11) is 3.34. The molecule has 2 heterocycles. The molecule has 3 rings (SSSR count). The lowest BCUT2D eigenvalue weighted by atomic mass is 10.2. The minimum atomic E-state index is 0.350. The first-order chi connectivity index (χ1) is 11.2. The molecule has 6 nitrogen and oxygen atoms in total. The molecule has 1 saturated heterocycles. The maximum atomic E-state index is 5.35. The van der Waals surface area contributed by atoms with E-state index in [2.05, 4.69) is 20.2 Å². The average Bonchev–Trinajstić information content (AvgIpc) is 3.03. The van der Waals surface area contributed by atoms with E-state index >= 15 is 0 Å². The molecule has 0 bridgehead atoms. The van der Waals surface area contributed by atoms with E-state index in [9.17, 15) is 0 Å². The molecule has 0 radical (unpaired) electrons. The van der Waals surface area contributed by atoms with E-state index in [-0.39, 0.29) is 0 Å². The van der Waals surface area contributed by atoms with E-state index in [1.807, 2.05) is 25.1 Å². The third-order valence-corrected chi connectivity index (χ3v) is 4.00. The molecule has 6 heteroatoms. The zero-order chi connectivity index (χ0) is 16.2. The van der Waals surface area contributed by atoms with Crippen LogP contribution in [0, 0.1) is 6.92 Å². The Morgan fingerprint density at radius 1 is 1.13 bits per heavy atom. The van der Waals surface area contributed by atoms with Crippen molar-refractivity contribution in [2.24, 2.45) is 0 Å². The first kappa shape index (κ1) is 15.4. The van der Waals surface area contributed by atoms with Crippen LogP contribution in [0.1, 0.15) is 12.1 Å². The van der Waals surface area contributed by atoms with Crippen LogP contribution in [0.5, 0.6) is 11.5 Å². The second-order valence-corrected chi connectivity index (χ2v) is 5.69. The van der Waals surface area contributed by atoms with Gasteiger partial charge in [-0.15, -0.1) is 0 Å². The lowest BCUT2D eigenvalue weighted by Gasteiger charge is -2.20. The molecule has 1 atom stereocenters. The normalized spacial score (nSPS) is 17.2. The van der Waals surface area contributed by atoms with E-state index in [4.69, 9.17) is 9.47 Å². The van der Waals surface area contributed by atoms with Gasteiger partial charge in [0, 0.05) is 49.2 Å². The van der Waals surface area contributed by atoms with Gasteiger partial charge in [-0.3, -0.25) is 4.98 Å². The zero-order valence-electron chi connectivity index (χ0n) is 13.7. The van der Waals surface area contributed by atoms with E-state index in [1.165, 1.54) is 0 Å². The maximum absolute atomic E-state index is 5.35. The number of ether oxygens (including phenoxy) is 2. The molecule has 1 aliphatic heterocycles. The van der Waals surface area contributed by atoms with Gasteiger partial charge in [-0.05, 0) is 13.3 Å². The van der Waals surface area contributed by atoms with Gasteiger partial charge in [0.2, 0.25) is 0 Å². The molecule has 0 aliphatic carbocycles. The number of rotatable bonds is 5. The molecule has 1 aromatic heterocycles. The Balaban J connectivity index is 1.70. The first-order valence-corrected chi connectivity index (χ1v) is 7.71. The highest BCUT2D eigenvalue weighted by Gasteiger charge is 2.23. The molecule has 1 N–H and O–H groups in total. The quantitative estimate of drug-likeness (QED) is 0.915. The van der Waals surface area contributed by atoms with Crippen LogP contribution in [-0.2, 0) is 0 Å². The van der Waals surface area contributed by atoms with E-state index < -0.39 is 0 Å². The van der Waals surface area contributed by atoms with Crippen LogP contribution in [0.3, 0.4) is 0 Å². The Labute approximate surface area is 136 Å². The second-order valence-electron chi connectivity index (χ2n) is 5.69. The Bertz CT molecular complexity index is 655. The number of hydrogen-bond acceptors (Lipinski definition) is 6. The average molecular weight is 314 g/mol. The van der Waals surface area contributed by atoms with Crippen LogP contribution < -0.4 is 19.7 Å². The molecule has 1 aliphatic rings. The van der Waals surface area contributed by atoms with Gasteiger partial charge in [-0.1, -0.05) is 0 Å². The number of anilines is 2. The summed E-state index contributed by atoms with van der Waals surface area (Å²) < 4.78 is 10.7. The summed E-state index contributed by atoms with van der Waals surface area (Å²) in [5.74, 6) is 2.45. The van der Waals surface area contributed by atoms with E-state index in [0.29, 0.717) is 6.04 Å². The largest absolute Gasteiger partial charge is 0.497 e. The van der Waals surface area contributed by atoms with Crippen molar-refractivity contribution in [3.63, 3.8) is 0 Å². The van der Waals surface area contributed by atoms with Gasteiger partial charge in [-0.25, -0.2) is 4.98 Å². The predicted octanol–water partition coefficient (Wildman–Crippen LogP) is 2.49. The number of hydrogen-bond donors (Lipinski definition) is 1. The van der Waals surface area contributed by atoms with Crippen molar-refractivity contribution >= 4 is 11.5 Å². The fourth-order valence-electron chi connectivity index (χ4n) is 2.83. The monoisotopic (exact) mass is 314 g/mol. The number of aromatic nitrogens is 2. The van der Waals surface area contributed by atoms with Gasteiger partial charge >= 0.3 is 0 Å². The van der Waals surface area contributed by atoms with Crippen molar-refractivity contribution in [1.29, 1.82) is 0 Å². The van der Waals surface area contributed by atoms with Gasteiger partial charge in [0.05, 0.1) is 26.1 Å². The topological polar surface area (TPSA) is 59.5 Å². The molecule has 0 saturated carbocycles. The minimum absolute atomic E-state index is 0.350. The summed E-state index contributed by atoms with van der Waals surface area (Å²) in [5.41, 5.74) is 2.03. The van der Waals surface area contributed by atoms with Crippen molar-refractivity contribution in [2.45, 2.75) is 19.4 Å². The van der Waals surface area contributed by atoms with Crippen molar-refractivity contribution in [1.82, 2.24) is 9.97 Å². The number of nitrogens with zero attached hydrogens (tertiary/aromatic N) is 3. The van der Waals surface area contributed by atoms with Crippen molar-refractivity contribution in [3.8, 4) is 11.5 Å². The van der Waals surface area contributed by atoms with Crippen LogP contribution >= 0.6 is 0 Å². The second kappa shape index (κ2) is 6.73. The lowest BCUT2D eigenvalue weighted by molar-refractivity contribution is 0.394. The molecule has 1 unspecified atom stereocenters. The van der Waals surface area contributed by atoms with Crippen molar-refractivity contribution < 1.29 is 9.47 Å². The fourth-order valence-corrected chi connectivity index (χ4v) is 2.83. The van der Waals surface area contributed by atoms with Gasteiger partial charge in [-0.2, -0.15) is 0 Å². The maximum Gasteiger partial charge on any atom is 0.145 e. The fraction of sp³-hybridized carbons (Fsp3) is 0.412. The molecular weight excluding hydrogens is 292 g/mol. The lowest BCUT2D eigenvalue weighted by Crippen LogP contribution is -2.26. The van der Waals surface area contributed by atoms with E-state index in [0.717, 1.165) is 48.2 Å². The highest BCUT2D eigenvalue weighted by molar-refractivity contribution is 5.57. The van der Waals surface area contributed by atoms with E-state index in [1.54, 1.807) is 26.6 Å². The highest BCUT2D eigenvalue weighted by Crippen LogP contribution is 2.30. The summed E-state index contributed by atoms with van der Waals surface area (Å²) in [6.45, 7) is 3.83. The molecule has 1 fully saturated rings. The molecule has 23 heavy (non-hydrogen) atoms. The van der Waals surface area contributed by atoms with Gasteiger partial charge in [0.25, 0.3) is 0 Å². The van der Waals surface area contributed by atoms with Crippen molar-refractivity contribution in [2.75, 3.05) is 37.5 Å². The van der Waals surface area contributed by atoms with Crippen LogP contribution in [0.4, 0.5) is 11.5 Å². The third kappa shape index (κ3) is 3.64. The summed E-state index contributed by atoms with van der Waals surface area (Å²) in [6.07, 6.45) is 4.58. The first-order valence-electron chi connectivity index (χ1n) is 7.71. The molecule has 0 spiro atoms. The molecule has 2 aromatic rings. The minimum Gasteiger partial charge on any atom is -0.497 e. The number of benzene rings is 1. The number of methoxy groups -OCH3 is 2. The molecule has 122 valence electrons. The van der Waals surface area contributed by atoms with Crippen LogP contribution in [0.25, 0.3) is 0 Å². The standard InChI is InChI=1S/C17H22N4O2/c1-12-9-18-10-17(19-12)20-13-4-5-21(11-13)14-6-15(22-2)8-16(7-14)23-3/h6-10,13H,4-5,11H2,1-3H3,(H,19,20). The van der Waals surface area contributed by atoms with Gasteiger partial charge < -0.3 is 19.7 Å². The summed E-state index contributed by atoms with van der Waals surface area (Å²) in [5, 5.41) is 3.46. The Kier molecular flexibility index (Phi) is 4.50.